The second-order valence-corrected chi connectivity index (χ2v) is 10.5. The Balaban J connectivity index is 1.33. The highest BCUT2D eigenvalue weighted by Crippen LogP contribution is 2.37. The van der Waals surface area contributed by atoms with Gasteiger partial charge in [-0.15, -0.1) is 25.3 Å². The number of benzene rings is 4. The van der Waals surface area contributed by atoms with E-state index in [0.29, 0.717) is 0 Å². The smallest absolute Gasteiger partial charge is 0.0709 e. The number of pyridine rings is 2. The van der Waals surface area contributed by atoms with Crippen molar-refractivity contribution in [1.82, 2.24) is 9.97 Å². The molecule has 0 saturated carbocycles. The standard InChI is InChI=1S/C36H26N4S2/c41-35-15-13-25(27-7-5-17-37-21-27)19-29(35)23-39-33-11-3-1-9-31(33)32-10-2-4-12-34(32)40-24-30-20-26(14-16-36(30)42)28-8-6-18-38-22-28/h1-24,41-42H. The summed E-state index contributed by atoms with van der Waals surface area (Å²) in [6.45, 7) is 0. The van der Waals surface area contributed by atoms with Crippen LogP contribution in [0, 0.1) is 0 Å². The van der Waals surface area contributed by atoms with E-state index in [1.807, 2.05) is 110 Å². The van der Waals surface area contributed by atoms with Crippen LogP contribution in [0.5, 0.6) is 0 Å². The maximum absolute atomic E-state index is 4.91. The molecule has 4 nitrogen and oxygen atoms in total. The van der Waals surface area contributed by atoms with Gasteiger partial charge < -0.3 is 0 Å². The highest BCUT2D eigenvalue weighted by Gasteiger charge is 2.09. The molecule has 4 aromatic carbocycles. The van der Waals surface area contributed by atoms with Gasteiger partial charge in [-0.2, -0.15) is 0 Å². The molecule has 0 saturated heterocycles. The third-order valence-corrected chi connectivity index (χ3v) is 7.64. The van der Waals surface area contributed by atoms with Crippen LogP contribution >= 0.6 is 25.3 Å². The van der Waals surface area contributed by atoms with Crippen LogP contribution in [-0.4, -0.2) is 22.4 Å². The van der Waals surface area contributed by atoms with Crippen LogP contribution in [0.4, 0.5) is 11.4 Å². The summed E-state index contributed by atoms with van der Waals surface area (Å²) in [6, 6.07) is 36.4. The van der Waals surface area contributed by atoms with Crippen LogP contribution in [0.25, 0.3) is 33.4 Å². The van der Waals surface area contributed by atoms with Gasteiger partial charge in [-0.05, 0) is 59.7 Å². The third-order valence-electron chi connectivity index (χ3n) is 6.83. The van der Waals surface area contributed by atoms with Gasteiger partial charge in [0.25, 0.3) is 0 Å². The first-order valence-corrected chi connectivity index (χ1v) is 14.3. The molecular weight excluding hydrogens is 553 g/mol. The van der Waals surface area contributed by atoms with E-state index in [2.05, 4.69) is 59.5 Å². The van der Waals surface area contributed by atoms with Crippen molar-refractivity contribution in [3.05, 3.63) is 145 Å². The Morgan fingerprint density at radius 1 is 0.476 bits per heavy atom. The summed E-state index contributed by atoms with van der Waals surface area (Å²) in [6.07, 6.45) is 11.0. The molecule has 202 valence electrons. The fourth-order valence-electron chi connectivity index (χ4n) is 4.65. The van der Waals surface area contributed by atoms with Gasteiger partial charge in [-0.3, -0.25) is 20.0 Å². The molecule has 6 heteroatoms. The van der Waals surface area contributed by atoms with Gasteiger partial charge in [0.1, 0.15) is 0 Å². The summed E-state index contributed by atoms with van der Waals surface area (Å²) in [5.41, 5.74) is 9.72. The minimum Gasteiger partial charge on any atom is -0.264 e. The first-order valence-electron chi connectivity index (χ1n) is 13.4. The molecule has 42 heavy (non-hydrogen) atoms. The first-order chi connectivity index (χ1) is 20.7. The summed E-state index contributed by atoms with van der Waals surface area (Å²) in [7, 11) is 0. The Morgan fingerprint density at radius 2 is 0.929 bits per heavy atom. The van der Waals surface area contributed by atoms with E-state index < -0.39 is 0 Å². The molecular formula is C36H26N4S2. The Labute approximate surface area is 256 Å². The third kappa shape index (κ3) is 6.25. The summed E-state index contributed by atoms with van der Waals surface area (Å²) < 4.78 is 0. The minimum atomic E-state index is 0.841. The van der Waals surface area contributed by atoms with Crippen molar-refractivity contribution >= 4 is 49.1 Å². The van der Waals surface area contributed by atoms with Gasteiger partial charge in [-0.1, -0.05) is 60.7 Å². The summed E-state index contributed by atoms with van der Waals surface area (Å²) in [5, 5.41) is 0. The normalized spacial score (nSPS) is 11.4. The molecule has 2 aromatic heterocycles. The van der Waals surface area contributed by atoms with Gasteiger partial charge >= 0.3 is 0 Å². The monoisotopic (exact) mass is 578 g/mol. The largest absolute Gasteiger partial charge is 0.264 e. The lowest BCUT2D eigenvalue weighted by molar-refractivity contribution is 1.32. The quantitative estimate of drug-likeness (QED) is 0.146. The lowest BCUT2D eigenvalue weighted by atomic mass is 10.0. The van der Waals surface area contributed by atoms with Crippen molar-refractivity contribution in [3.8, 4) is 33.4 Å². The average molecular weight is 579 g/mol. The molecule has 0 fully saturated rings. The van der Waals surface area contributed by atoms with Crippen LogP contribution in [0.15, 0.2) is 154 Å². The number of hydrogen-bond donors (Lipinski definition) is 2. The fourth-order valence-corrected chi connectivity index (χ4v) is 5.04. The van der Waals surface area contributed by atoms with Crippen molar-refractivity contribution in [2.45, 2.75) is 9.79 Å². The molecule has 0 unspecified atom stereocenters. The number of thiol groups is 2. The molecule has 6 aromatic rings. The number of aromatic nitrogens is 2. The Hall–Kier alpha value is -4.78. The molecule has 0 spiro atoms. The van der Waals surface area contributed by atoms with Crippen molar-refractivity contribution in [3.63, 3.8) is 0 Å². The molecule has 0 aliphatic heterocycles. The zero-order valence-electron chi connectivity index (χ0n) is 22.5. The van der Waals surface area contributed by atoms with Crippen LogP contribution in [0.1, 0.15) is 11.1 Å². The predicted octanol–water partition coefficient (Wildman–Crippen LogP) is 9.56. The Morgan fingerprint density at radius 3 is 1.36 bits per heavy atom. The molecule has 6 rings (SSSR count). The number of rotatable bonds is 7. The van der Waals surface area contributed by atoms with E-state index in [4.69, 9.17) is 9.98 Å². The number of para-hydroxylation sites is 2. The van der Waals surface area contributed by atoms with E-state index in [-0.39, 0.29) is 0 Å². The van der Waals surface area contributed by atoms with Crippen molar-refractivity contribution < 1.29 is 0 Å². The van der Waals surface area contributed by atoms with Crippen molar-refractivity contribution in [2.24, 2.45) is 9.98 Å². The minimum absolute atomic E-state index is 0.841. The van der Waals surface area contributed by atoms with Crippen LogP contribution in [0.2, 0.25) is 0 Å². The SMILES string of the molecule is Sc1ccc(-c2cccnc2)cc1C=Nc1ccccc1-c1ccccc1N=Cc1cc(-c2cccnc2)ccc1S. The molecule has 0 aliphatic carbocycles. The van der Waals surface area contributed by atoms with E-state index in [9.17, 15) is 0 Å². The van der Waals surface area contributed by atoms with Crippen LogP contribution < -0.4 is 0 Å². The second-order valence-electron chi connectivity index (χ2n) is 9.58. The number of nitrogens with zero attached hydrogens (tertiary/aromatic N) is 4. The van der Waals surface area contributed by atoms with Gasteiger partial charge in [0.15, 0.2) is 0 Å². The van der Waals surface area contributed by atoms with E-state index in [1.54, 1.807) is 12.4 Å². The number of aliphatic imine (C=N–C) groups is 2. The summed E-state index contributed by atoms with van der Waals surface area (Å²) in [4.78, 5) is 20.0. The van der Waals surface area contributed by atoms with Gasteiger partial charge in [-0.25, -0.2) is 0 Å². The molecule has 0 amide bonds. The highest BCUT2D eigenvalue weighted by molar-refractivity contribution is 7.80. The molecule has 0 radical (unpaired) electrons. The highest BCUT2D eigenvalue weighted by atomic mass is 32.1. The fraction of sp³-hybridized carbons (Fsp3) is 0. The average Bonchev–Trinajstić information content (AvgIpc) is 3.05. The van der Waals surface area contributed by atoms with E-state index in [0.717, 1.165) is 65.7 Å². The molecule has 0 aliphatic rings. The maximum atomic E-state index is 4.91. The van der Waals surface area contributed by atoms with Crippen LogP contribution in [0.3, 0.4) is 0 Å². The van der Waals surface area contributed by atoms with Crippen molar-refractivity contribution in [2.75, 3.05) is 0 Å². The molecule has 2 heterocycles. The predicted molar refractivity (Wildman–Crippen MR) is 180 cm³/mol. The first kappa shape index (κ1) is 27.4. The molecule has 0 N–H and O–H groups in total. The zero-order chi connectivity index (χ0) is 28.7. The Bertz CT molecular complexity index is 1760. The Kier molecular flexibility index (Phi) is 8.36. The van der Waals surface area contributed by atoms with E-state index in [1.165, 1.54) is 0 Å². The van der Waals surface area contributed by atoms with Gasteiger partial charge in [0.05, 0.1) is 11.4 Å². The maximum Gasteiger partial charge on any atom is 0.0709 e. The zero-order valence-corrected chi connectivity index (χ0v) is 24.3. The van der Waals surface area contributed by atoms with E-state index >= 15 is 0 Å². The molecule has 0 atom stereocenters. The lowest BCUT2D eigenvalue weighted by Crippen LogP contribution is -1.88. The van der Waals surface area contributed by atoms with Gasteiger partial charge in [0, 0.05) is 80.4 Å². The summed E-state index contributed by atoms with van der Waals surface area (Å²) in [5.74, 6) is 0. The van der Waals surface area contributed by atoms with Gasteiger partial charge in [0.2, 0.25) is 0 Å². The topological polar surface area (TPSA) is 50.5 Å². The molecule has 0 bridgehead atoms. The van der Waals surface area contributed by atoms with Crippen LogP contribution in [-0.2, 0) is 0 Å². The summed E-state index contributed by atoms with van der Waals surface area (Å²) >= 11 is 9.36. The lowest BCUT2D eigenvalue weighted by Gasteiger charge is -2.10. The number of hydrogen-bond acceptors (Lipinski definition) is 6. The van der Waals surface area contributed by atoms with Crippen molar-refractivity contribution in [1.29, 1.82) is 0 Å². The second kappa shape index (κ2) is 12.8.